The number of piperazine rings is 1. The second-order valence-corrected chi connectivity index (χ2v) is 7.58. The van der Waals surface area contributed by atoms with Crippen LogP contribution in [0, 0.1) is 5.92 Å². The molecule has 2 heterocycles. The maximum absolute atomic E-state index is 13.3. The monoisotopic (exact) mass is 409 g/mol. The Kier molecular flexibility index (Phi) is 8.13. The lowest BCUT2D eigenvalue weighted by molar-refractivity contribution is -0.139. The molecule has 1 aromatic carbocycles. The summed E-state index contributed by atoms with van der Waals surface area (Å²) in [7, 11) is 1.66. The van der Waals surface area contributed by atoms with E-state index in [-0.39, 0.29) is 42.2 Å². The van der Waals surface area contributed by atoms with Gasteiger partial charge in [0.15, 0.2) is 0 Å². The third-order valence-corrected chi connectivity index (χ3v) is 5.77. The van der Waals surface area contributed by atoms with Gasteiger partial charge in [0.1, 0.15) is 5.75 Å². The minimum atomic E-state index is -0.243. The third-order valence-electron chi connectivity index (χ3n) is 5.77. The van der Waals surface area contributed by atoms with Crippen LogP contribution in [0.15, 0.2) is 24.3 Å². The number of carbonyl (C=O) groups excluding carboxylic acids is 2. The van der Waals surface area contributed by atoms with E-state index in [0.29, 0.717) is 26.1 Å². The molecule has 2 aliphatic heterocycles. The Bertz CT molecular complexity index is 685. The number of benzene rings is 1. The summed E-state index contributed by atoms with van der Waals surface area (Å²) >= 11 is 0. The van der Waals surface area contributed by atoms with E-state index in [4.69, 9.17) is 4.74 Å². The van der Waals surface area contributed by atoms with Gasteiger partial charge in [-0.15, -0.1) is 12.4 Å². The molecule has 2 fully saturated rings. The van der Waals surface area contributed by atoms with Crippen molar-refractivity contribution in [1.82, 2.24) is 15.1 Å². The van der Waals surface area contributed by atoms with Gasteiger partial charge in [-0.3, -0.25) is 9.59 Å². The molecule has 0 aliphatic carbocycles. The molecular weight excluding hydrogens is 378 g/mol. The van der Waals surface area contributed by atoms with Crippen LogP contribution in [0.5, 0.6) is 5.75 Å². The van der Waals surface area contributed by atoms with Crippen molar-refractivity contribution < 1.29 is 14.3 Å². The molecule has 2 aliphatic rings. The van der Waals surface area contributed by atoms with E-state index in [1.807, 2.05) is 34.1 Å². The van der Waals surface area contributed by atoms with Crippen LogP contribution in [-0.2, 0) is 9.59 Å². The third kappa shape index (κ3) is 4.61. The first-order chi connectivity index (χ1) is 13.1. The summed E-state index contributed by atoms with van der Waals surface area (Å²) in [6.07, 6.45) is 2.34. The zero-order valence-corrected chi connectivity index (χ0v) is 17.8. The number of hydrogen-bond donors (Lipinski definition) is 1. The summed E-state index contributed by atoms with van der Waals surface area (Å²) in [5.41, 5.74) is 1.01. The van der Waals surface area contributed by atoms with Gasteiger partial charge in [-0.25, -0.2) is 0 Å². The molecule has 2 amide bonds. The Labute approximate surface area is 174 Å². The number of likely N-dealkylation sites (tertiary alicyclic amines) is 1. The van der Waals surface area contributed by atoms with Crippen molar-refractivity contribution in [3.05, 3.63) is 29.8 Å². The number of ether oxygens (including phenoxy) is 1. The first-order valence-electron chi connectivity index (χ1n) is 10.00. The molecule has 0 bridgehead atoms. The highest BCUT2D eigenvalue weighted by atomic mass is 35.5. The quantitative estimate of drug-likeness (QED) is 0.784. The molecule has 3 atom stereocenters. The minimum absolute atomic E-state index is 0. The Morgan fingerprint density at radius 2 is 2.11 bits per heavy atom. The number of para-hydroxylation sites is 1. The van der Waals surface area contributed by atoms with E-state index in [0.717, 1.165) is 30.7 Å². The van der Waals surface area contributed by atoms with Gasteiger partial charge in [0, 0.05) is 44.2 Å². The Morgan fingerprint density at radius 1 is 1.36 bits per heavy atom. The van der Waals surface area contributed by atoms with Gasteiger partial charge in [-0.1, -0.05) is 31.5 Å². The van der Waals surface area contributed by atoms with E-state index in [2.05, 4.69) is 19.2 Å². The summed E-state index contributed by atoms with van der Waals surface area (Å²) in [5, 5.41) is 3.39. The molecular formula is C21H32ClN3O3. The van der Waals surface area contributed by atoms with Gasteiger partial charge >= 0.3 is 0 Å². The molecule has 7 heteroatoms. The number of amides is 2. The van der Waals surface area contributed by atoms with Crippen LogP contribution in [-0.4, -0.2) is 60.9 Å². The summed E-state index contributed by atoms with van der Waals surface area (Å²) in [6, 6.07) is 8.00. The van der Waals surface area contributed by atoms with Crippen LogP contribution in [0.25, 0.3) is 0 Å². The van der Waals surface area contributed by atoms with E-state index < -0.39 is 0 Å². The molecule has 0 spiro atoms. The second kappa shape index (κ2) is 10.1. The number of nitrogens with one attached hydrogen (secondary N) is 1. The Hall–Kier alpha value is -1.79. The van der Waals surface area contributed by atoms with Gasteiger partial charge in [0.2, 0.25) is 11.8 Å². The van der Waals surface area contributed by atoms with Crippen LogP contribution < -0.4 is 10.1 Å². The fourth-order valence-electron chi connectivity index (χ4n) is 4.32. The molecule has 1 aromatic rings. The smallest absolute Gasteiger partial charge is 0.228 e. The first kappa shape index (κ1) is 22.5. The highest BCUT2D eigenvalue weighted by Crippen LogP contribution is 2.33. The van der Waals surface area contributed by atoms with Crippen LogP contribution in [0.2, 0.25) is 0 Å². The number of methoxy groups -OCH3 is 1. The fraction of sp³-hybridized carbons (Fsp3) is 0.619. The van der Waals surface area contributed by atoms with Crippen molar-refractivity contribution >= 4 is 24.2 Å². The van der Waals surface area contributed by atoms with Gasteiger partial charge < -0.3 is 19.9 Å². The highest BCUT2D eigenvalue weighted by molar-refractivity contribution is 5.89. The zero-order chi connectivity index (χ0) is 19.4. The summed E-state index contributed by atoms with van der Waals surface area (Å²) in [6.45, 7) is 6.86. The molecule has 6 nitrogen and oxygen atoms in total. The molecule has 28 heavy (non-hydrogen) atoms. The van der Waals surface area contributed by atoms with Crippen molar-refractivity contribution in [3.63, 3.8) is 0 Å². The average Bonchev–Trinajstić information content (AvgIpc) is 3.09. The van der Waals surface area contributed by atoms with Crippen molar-refractivity contribution in [1.29, 1.82) is 0 Å². The maximum Gasteiger partial charge on any atom is 0.228 e. The fourth-order valence-corrected chi connectivity index (χ4v) is 4.32. The molecule has 0 saturated carbocycles. The van der Waals surface area contributed by atoms with E-state index in [1.54, 1.807) is 7.11 Å². The van der Waals surface area contributed by atoms with Crippen LogP contribution >= 0.6 is 12.4 Å². The minimum Gasteiger partial charge on any atom is -0.496 e. The van der Waals surface area contributed by atoms with Crippen molar-refractivity contribution in [2.45, 2.75) is 45.2 Å². The predicted octanol–water partition coefficient (Wildman–Crippen LogP) is 2.63. The van der Waals surface area contributed by atoms with E-state index >= 15 is 0 Å². The van der Waals surface area contributed by atoms with Gasteiger partial charge in [-0.05, 0) is 19.4 Å². The summed E-state index contributed by atoms with van der Waals surface area (Å²) in [5.74, 6) is 0.752. The molecule has 0 radical (unpaired) electrons. The summed E-state index contributed by atoms with van der Waals surface area (Å²) < 4.78 is 5.52. The normalized spacial score (nSPS) is 23.3. The lowest BCUT2D eigenvalue weighted by Gasteiger charge is -2.38. The highest BCUT2D eigenvalue weighted by Gasteiger charge is 2.40. The molecule has 1 N–H and O–H groups in total. The molecule has 3 unspecified atom stereocenters. The second-order valence-electron chi connectivity index (χ2n) is 7.58. The number of rotatable bonds is 6. The van der Waals surface area contributed by atoms with Crippen LogP contribution in [0.1, 0.15) is 44.7 Å². The number of hydrogen-bond acceptors (Lipinski definition) is 4. The van der Waals surface area contributed by atoms with Crippen molar-refractivity contribution in [2.75, 3.05) is 33.3 Å². The van der Waals surface area contributed by atoms with Gasteiger partial charge in [0.25, 0.3) is 0 Å². The first-order valence-corrected chi connectivity index (χ1v) is 10.00. The average molecular weight is 410 g/mol. The number of nitrogens with zero attached hydrogens (tertiary/aromatic N) is 2. The van der Waals surface area contributed by atoms with Crippen molar-refractivity contribution in [3.8, 4) is 5.75 Å². The SMILES string of the molecule is CCCC(C)N1CC(C(=O)N2CCNCC2c2ccccc2OC)CC1=O.Cl. The Morgan fingerprint density at radius 3 is 2.82 bits per heavy atom. The largest absolute Gasteiger partial charge is 0.496 e. The lowest BCUT2D eigenvalue weighted by Crippen LogP contribution is -2.51. The topological polar surface area (TPSA) is 61.9 Å². The van der Waals surface area contributed by atoms with Crippen molar-refractivity contribution in [2.24, 2.45) is 5.92 Å². The predicted molar refractivity (Wildman–Crippen MR) is 112 cm³/mol. The standard InChI is InChI=1S/C21H31N3O3.ClH/c1-4-7-15(2)24-14-16(12-20(24)25)21(26)23-11-10-22-13-18(23)17-8-5-6-9-19(17)27-3;/h5-6,8-9,15-16,18,22H,4,7,10-14H2,1-3H3;1H. The summed E-state index contributed by atoms with van der Waals surface area (Å²) in [4.78, 5) is 29.6. The number of carbonyl (C=O) groups is 2. The molecule has 2 saturated heterocycles. The maximum atomic E-state index is 13.3. The van der Waals surface area contributed by atoms with Crippen LogP contribution in [0.3, 0.4) is 0 Å². The Balaban J connectivity index is 0.00000280. The number of halogens is 1. The molecule has 3 rings (SSSR count). The zero-order valence-electron chi connectivity index (χ0n) is 17.0. The van der Waals surface area contributed by atoms with E-state index in [1.165, 1.54) is 0 Å². The van der Waals surface area contributed by atoms with E-state index in [9.17, 15) is 9.59 Å². The van der Waals surface area contributed by atoms with Gasteiger partial charge in [0.05, 0.1) is 19.1 Å². The molecule has 0 aromatic heterocycles. The molecule has 156 valence electrons. The van der Waals surface area contributed by atoms with Gasteiger partial charge in [-0.2, -0.15) is 0 Å². The van der Waals surface area contributed by atoms with Crippen LogP contribution in [0.4, 0.5) is 0 Å². The lowest BCUT2D eigenvalue weighted by atomic mass is 9.99.